The number of benzene rings is 1. The highest BCUT2D eigenvalue weighted by Crippen LogP contribution is 2.44. The second-order valence-corrected chi connectivity index (χ2v) is 6.69. The van der Waals surface area contributed by atoms with E-state index < -0.39 is 5.00 Å². The lowest BCUT2D eigenvalue weighted by molar-refractivity contribution is -0.157. The zero-order valence-electron chi connectivity index (χ0n) is 10.8. The molecule has 0 N–H and O–H groups in total. The molecule has 0 bridgehead atoms. The maximum Gasteiger partial charge on any atom is 0.273 e. The number of carbonyl (C=O) groups is 1. The number of nitrogens with zero attached hydrogens (tertiary/aromatic N) is 1. The summed E-state index contributed by atoms with van der Waals surface area (Å²) in [6, 6.07) is 9.61. The van der Waals surface area contributed by atoms with Crippen molar-refractivity contribution in [1.82, 2.24) is 4.90 Å². The zero-order chi connectivity index (χ0) is 13.3. The quantitative estimate of drug-likeness (QED) is 0.788. The fraction of sp³-hybridized carbons (Fsp3) is 0.533. The summed E-state index contributed by atoms with van der Waals surface area (Å²) in [5.74, 6) is -0.326. The Morgan fingerprint density at radius 3 is 2.47 bits per heavy atom. The molecule has 19 heavy (non-hydrogen) atoms. The van der Waals surface area contributed by atoms with Crippen molar-refractivity contribution >= 4 is 17.7 Å². The Morgan fingerprint density at radius 2 is 1.84 bits per heavy atom. The van der Waals surface area contributed by atoms with Gasteiger partial charge in [-0.2, -0.15) is 0 Å². The predicted molar refractivity (Wildman–Crippen MR) is 74.7 cm³/mol. The fourth-order valence-corrected chi connectivity index (χ4v) is 4.00. The second-order valence-electron chi connectivity index (χ2n) is 5.37. The van der Waals surface area contributed by atoms with Gasteiger partial charge in [0.2, 0.25) is 0 Å². The molecule has 1 aromatic rings. The zero-order valence-corrected chi connectivity index (χ0v) is 11.7. The lowest BCUT2D eigenvalue weighted by atomic mass is 9.91. The van der Waals surface area contributed by atoms with Crippen LogP contribution in [0.25, 0.3) is 0 Å². The molecule has 1 atom stereocenters. The van der Waals surface area contributed by atoms with Crippen LogP contribution in [0.1, 0.15) is 32.1 Å². The van der Waals surface area contributed by atoms with Crippen molar-refractivity contribution in [1.29, 1.82) is 0 Å². The van der Waals surface area contributed by atoms with Crippen LogP contribution in [0.4, 0.5) is 4.39 Å². The molecule has 0 aromatic heterocycles. The molecule has 4 heteroatoms. The topological polar surface area (TPSA) is 20.3 Å². The van der Waals surface area contributed by atoms with Gasteiger partial charge in [0.1, 0.15) is 0 Å². The van der Waals surface area contributed by atoms with Gasteiger partial charge in [-0.3, -0.25) is 4.79 Å². The number of halogens is 1. The lowest BCUT2D eigenvalue weighted by Gasteiger charge is -2.47. The molecule has 102 valence electrons. The van der Waals surface area contributed by atoms with E-state index in [0.717, 1.165) is 29.5 Å². The molecule has 3 rings (SSSR count). The van der Waals surface area contributed by atoms with Crippen molar-refractivity contribution in [2.24, 2.45) is 0 Å². The van der Waals surface area contributed by atoms with E-state index in [2.05, 4.69) is 0 Å². The first kappa shape index (κ1) is 13.0. The summed E-state index contributed by atoms with van der Waals surface area (Å²) < 4.78 is 14.6. The number of alkyl halides is 1. The molecule has 2 fully saturated rings. The summed E-state index contributed by atoms with van der Waals surface area (Å²) in [7, 11) is 0. The number of carbonyl (C=O) groups excluding carboxylic acids is 1. The Bertz CT molecular complexity index is 460. The molecule has 0 radical (unpaired) electrons. The van der Waals surface area contributed by atoms with Gasteiger partial charge in [-0.15, -0.1) is 0 Å². The number of rotatable bonds is 3. The molecule has 1 aromatic carbocycles. The van der Waals surface area contributed by atoms with E-state index in [1.807, 2.05) is 30.3 Å². The molecule has 1 saturated heterocycles. The third kappa shape index (κ3) is 2.50. The Balaban J connectivity index is 1.63. The van der Waals surface area contributed by atoms with Crippen LogP contribution in [-0.2, 0) is 4.79 Å². The van der Waals surface area contributed by atoms with Gasteiger partial charge in [-0.25, -0.2) is 4.39 Å². The molecule has 2 nitrogen and oxygen atoms in total. The summed E-state index contributed by atoms with van der Waals surface area (Å²) in [6.45, 7) is 0.246. The van der Waals surface area contributed by atoms with E-state index in [1.165, 1.54) is 19.3 Å². The molecule has 1 saturated carbocycles. The molecule has 1 amide bonds. The molecule has 2 aliphatic rings. The largest absolute Gasteiger partial charge is 0.331 e. The monoisotopic (exact) mass is 279 g/mol. The van der Waals surface area contributed by atoms with Gasteiger partial charge in [-0.1, -0.05) is 49.2 Å². The van der Waals surface area contributed by atoms with Crippen LogP contribution >= 0.6 is 11.8 Å². The van der Waals surface area contributed by atoms with Crippen LogP contribution in [0.3, 0.4) is 0 Å². The normalized spacial score (nSPS) is 28.3. The van der Waals surface area contributed by atoms with Crippen molar-refractivity contribution in [3.63, 3.8) is 0 Å². The van der Waals surface area contributed by atoms with Gasteiger partial charge < -0.3 is 4.90 Å². The summed E-state index contributed by atoms with van der Waals surface area (Å²) in [5.41, 5.74) is 0. The van der Waals surface area contributed by atoms with Crippen LogP contribution in [0.15, 0.2) is 35.2 Å². The second kappa shape index (κ2) is 5.16. The molecule has 0 spiro atoms. The minimum absolute atomic E-state index is 0.246. The first-order chi connectivity index (χ1) is 9.19. The average molecular weight is 279 g/mol. The minimum Gasteiger partial charge on any atom is -0.331 e. The maximum atomic E-state index is 14.6. The lowest BCUT2D eigenvalue weighted by Crippen LogP contribution is -2.65. The Labute approximate surface area is 117 Å². The van der Waals surface area contributed by atoms with Crippen molar-refractivity contribution in [3.05, 3.63) is 30.3 Å². The summed E-state index contributed by atoms with van der Waals surface area (Å²) >= 11 is 1.05. The van der Waals surface area contributed by atoms with Gasteiger partial charge in [0.25, 0.3) is 10.9 Å². The summed E-state index contributed by atoms with van der Waals surface area (Å²) in [4.78, 5) is 14.7. The fourth-order valence-electron chi connectivity index (χ4n) is 2.92. The minimum atomic E-state index is -1.74. The first-order valence-corrected chi connectivity index (χ1v) is 7.75. The van der Waals surface area contributed by atoms with Crippen LogP contribution in [0.5, 0.6) is 0 Å². The van der Waals surface area contributed by atoms with Gasteiger partial charge in [0.15, 0.2) is 0 Å². The molecule has 1 aliphatic carbocycles. The van der Waals surface area contributed by atoms with Crippen molar-refractivity contribution in [3.8, 4) is 0 Å². The van der Waals surface area contributed by atoms with Crippen molar-refractivity contribution in [2.75, 3.05) is 6.54 Å². The van der Waals surface area contributed by atoms with E-state index in [4.69, 9.17) is 0 Å². The van der Waals surface area contributed by atoms with E-state index in [9.17, 15) is 9.18 Å². The molecule has 1 unspecified atom stereocenters. The van der Waals surface area contributed by atoms with Crippen LogP contribution in [0, 0.1) is 0 Å². The highest BCUT2D eigenvalue weighted by atomic mass is 32.2. The molecular formula is C15H18FNOS. The first-order valence-electron chi connectivity index (χ1n) is 6.93. The predicted octanol–water partition coefficient (Wildman–Crippen LogP) is 3.62. The summed E-state index contributed by atoms with van der Waals surface area (Å²) in [5, 5.41) is -1.74. The average Bonchev–Trinajstić information content (AvgIpc) is 2.46. The number of thioether (sulfide) groups is 1. The number of hydrogen-bond acceptors (Lipinski definition) is 2. The van der Waals surface area contributed by atoms with Crippen LogP contribution < -0.4 is 0 Å². The SMILES string of the molecule is O=C1N(C2CCCCC2)CC1(F)Sc1ccccc1. The smallest absolute Gasteiger partial charge is 0.273 e. The Morgan fingerprint density at radius 1 is 1.16 bits per heavy atom. The number of β-lactam (4-membered cyclic amide) rings is 1. The van der Waals surface area contributed by atoms with Crippen LogP contribution in [-0.4, -0.2) is 28.4 Å². The van der Waals surface area contributed by atoms with Gasteiger partial charge in [-0.05, 0) is 25.0 Å². The van der Waals surface area contributed by atoms with Crippen molar-refractivity contribution < 1.29 is 9.18 Å². The molecule has 1 aliphatic heterocycles. The standard InChI is InChI=1S/C15H18FNOS/c16-15(19-13-9-5-2-6-10-13)11-17(14(15)18)12-7-3-1-4-8-12/h2,5-6,9-10,12H,1,3-4,7-8,11H2. The molecule has 1 heterocycles. The highest BCUT2D eigenvalue weighted by molar-refractivity contribution is 8.01. The molecular weight excluding hydrogens is 261 g/mol. The number of amides is 1. The highest BCUT2D eigenvalue weighted by Gasteiger charge is 2.56. The van der Waals surface area contributed by atoms with E-state index >= 15 is 0 Å². The van der Waals surface area contributed by atoms with Crippen molar-refractivity contribution in [2.45, 2.75) is 48.0 Å². The van der Waals surface area contributed by atoms with Gasteiger partial charge >= 0.3 is 0 Å². The van der Waals surface area contributed by atoms with Crippen LogP contribution in [0.2, 0.25) is 0 Å². The number of likely N-dealkylation sites (tertiary alicyclic amines) is 1. The van der Waals surface area contributed by atoms with Gasteiger partial charge in [0.05, 0.1) is 6.54 Å². The van der Waals surface area contributed by atoms with E-state index in [0.29, 0.717) is 0 Å². The maximum absolute atomic E-state index is 14.6. The third-order valence-electron chi connectivity index (χ3n) is 3.99. The Hall–Kier alpha value is -1.03. The third-order valence-corrected chi connectivity index (χ3v) is 5.13. The van der Waals surface area contributed by atoms with E-state index in [1.54, 1.807) is 4.90 Å². The van der Waals surface area contributed by atoms with Gasteiger partial charge in [0, 0.05) is 10.9 Å². The summed E-state index contributed by atoms with van der Waals surface area (Å²) in [6.07, 6.45) is 5.66. The number of hydrogen-bond donors (Lipinski definition) is 0. The Kier molecular flexibility index (Phi) is 3.52. The van der Waals surface area contributed by atoms with E-state index in [-0.39, 0.29) is 18.5 Å².